The Kier molecular flexibility index (Phi) is 5.41. The third kappa shape index (κ3) is 4.14. The molecule has 0 atom stereocenters. The predicted molar refractivity (Wildman–Crippen MR) is 98.5 cm³/mol. The van der Waals surface area contributed by atoms with Crippen molar-refractivity contribution in [2.24, 2.45) is 5.92 Å². The van der Waals surface area contributed by atoms with Gasteiger partial charge in [-0.2, -0.15) is 0 Å². The first-order valence-electron chi connectivity index (χ1n) is 8.51. The number of carbonyl (C=O) groups excluding carboxylic acids is 2. The smallest absolute Gasteiger partial charge is 0.251 e. The van der Waals surface area contributed by atoms with E-state index < -0.39 is 0 Å². The summed E-state index contributed by atoms with van der Waals surface area (Å²) in [4.78, 5) is 24.1. The molecule has 136 valence electrons. The van der Waals surface area contributed by atoms with Gasteiger partial charge in [0.15, 0.2) is 11.5 Å². The molecule has 0 radical (unpaired) electrons. The molecule has 0 aromatic heterocycles. The summed E-state index contributed by atoms with van der Waals surface area (Å²) < 4.78 is 10.6. The van der Waals surface area contributed by atoms with Crippen LogP contribution in [0.25, 0.3) is 0 Å². The fraction of sp³-hybridized carbons (Fsp3) is 0.300. The number of nitrogens with one attached hydrogen (secondary N) is 2. The van der Waals surface area contributed by atoms with Crippen molar-refractivity contribution in [1.82, 2.24) is 5.32 Å². The highest BCUT2D eigenvalue weighted by Gasteiger charge is 2.29. The molecule has 2 aromatic rings. The Balaban J connectivity index is 1.60. The lowest BCUT2D eigenvalue weighted by atomic mass is 10.1. The topological polar surface area (TPSA) is 76.7 Å². The lowest BCUT2D eigenvalue weighted by Gasteiger charge is -2.13. The molecule has 0 bridgehead atoms. The zero-order chi connectivity index (χ0) is 18.5. The van der Waals surface area contributed by atoms with Crippen LogP contribution in [0.1, 0.15) is 28.8 Å². The van der Waals surface area contributed by atoms with Gasteiger partial charge in [0.2, 0.25) is 5.91 Å². The van der Waals surface area contributed by atoms with E-state index in [2.05, 4.69) is 10.6 Å². The largest absolute Gasteiger partial charge is 0.493 e. The molecular formula is C20H22N2O4. The number of para-hydroxylation sites is 1. The zero-order valence-corrected chi connectivity index (χ0v) is 14.9. The Labute approximate surface area is 152 Å². The van der Waals surface area contributed by atoms with Gasteiger partial charge < -0.3 is 20.1 Å². The maximum Gasteiger partial charge on any atom is 0.251 e. The van der Waals surface area contributed by atoms with Gasteiger partial charge in [0.05, 0.1) is 14.2 Å². The van der Waals surface area contributed by atoms with E-state index in [1.165, 1.54) is 0 Å². The number of anilines is 1. The van der Waals surface area contributed by atoms with Crippen molar-refractivity contribution in [2.45, 2.75) is 19.4 Å². The van der Waals surface area contributed by atoms with E-state index in [4.69, 9.17) is 9.47 Å². The van der Waals surface area contributed by atoms with Crippen LogP contribution in [-0.4, -0.2) is 26.0 Å². The second-order valence-corrected chi connectivity index (χ2v) is 6.18. The first kappa shape index (κ1) is 17.8. The van der Waals surface area contributed by atoms with Crippen molar-refractivity contribution < 1.29 is 19.1 Å². The summed E-state index contributed by atoms with van der Waals surface area (Å²) in [5.74, 6) is 1.22. The standard InChI is InChI=1S/C20H22N2O4/c1-25-17-5-3-4-15(18(17)26-2)12-21-19(23)13-8-10-16(11-9-13)22-20(24)14-6-7-14/h3-5,8-11,14H,6-7,12H2,1-2H3,(H,21,23)(H,22,24). The molecule has 26 heavy (non-hydrogen) atoms. The van der Waals surface area contributed by atoms with Crippen molar-refractivity contribution >= 4 is 17.5 Å². The summed E-state index contributed by atoms with van der Waals surface area (Å²) in [5, 5.41) is 5.72. The molecule has 2 N–H and O–H groups in total. The van der Waals surface area contributed by atoms with Crippen LogP contribution >= 0.6 is 0 Å². The second kappa shape index (κ2) is 7.91. The van der Waals surface area contributed by atoms with Crippen LogP contribution in [0.5, 0.6) is 11.5 Å². The van der Waals surface area contributed by atoms with E-state index in [9.17, 15) is 9.59 Å². The highest BCUT2D eigenvalue weighted by Crippen LogP contribution is 2.31. The first-order valence-corrected chi connectivity index (χ1v) is 8.51. The molecular weight excluding hydrogens is 332 g/mol. The highest BCUT2D eigenvalue weighted by molar-refractivity contribution is 5.96. The number of hydrogen-bond acceptors (Lipinski definition) is 4. The Bertz CT molecular complexity index is 798. The fourth-order valence-electron chi connectivity index (χ4n) is 2.67. The molecule has 0 saturated heterocycles. The Hall–Kier alpha value is -3.02. The van der Waals surface area contributed by atoms with Crippen LogP contribution < -0.4 is 20.1 Å². The molecule has 1 fully saturated rings. The maximum absolute atomic E-state index is 12.4. The van der Waals surface area contributed by atoms with E-state index in [0.717, 1.165) is 18.4 Å². The normalized spacial score (nSPS) is 13.0. The number of hydrogen-bond donors (Lipinski definition) is 2. The van der Waals surface area contributed by atoms with Crippen LogP contribution in [0.15, 0.2) is 42.5 Å². The third-order valence-electron chi connectivity index (χ3n) is 4.29. The lowest BCUT2D eigenvalue weighted by Crippen LogP contribution is -2.23. The van der Waals surface area contributed by atoms with Gasteiger partial charge in [0.25, 0.3) is 5.91 Å². The minimum absolute atomic E-state index is 0.0484. The number of rotatable bonds is 7. The Morgan fingerprint density at radius 3 is 2.38 bits per heavy atom. The zero-order valence-electron chi connectivity index (χ0n) is 14.9. The fourth-order valence-corrected chi connectivity index (χ4v) is 2.67. The van der Waals surface area contributed by atoms with E-state index in [1.807, 2.05) is 12.1 Å². The number of carbonyl (C=O) groups is 2. The average Bonchev–Trinajstić information content (AvgIpc) is 3.51. The minimum atomic E-state index is -0.199. The van der Waals surface area contributed by atoms with E-state index in [0.29, 0.717) is 29.3 Å². The van der Waals surface area contributed by atoms with Crippen molar-refractivity contribution in [3.63, 3.8) is 0 Å². The predicted octanol–water partition coefficient (Wildman–Crippen LogP) is 2.98. The molecule has 2 amide bonds. The van der Waals surface area contributed by atoms with E-state index in [-0.39, 0.29) is 17.7 Å². The van der Waals surface area contributed by atoms with Gasteiger partial charge in [0, 0.05) is 29.3 Å². The molecule has 1 saturated carbocycles. The van der Waals surface area contributed by atoms with E-state index >= 15 is 0 Å². The maximum atomic E-state index is 12.4. The van der Waals surface area contributed by atoms with Crippen molar-refractivity contribution in [3.05, 3.63) is 53.6 Å². The summed E-state index contributed by atoms with van der Waals surface area (Å²) in [6.45, 7) is 0.319. The van der Waals surface area contributed by atoms with Gasteiger partial charge >= 0.3 is 0 Å². The molecule has 0 aliphatic heterocycles. The van der Waals surface area contributed by atoms with Gasteiger partial charge in [-0.15, -0.1) is 0 Å². The molecule has 1 aliphatic rings. The van der Waals surface area contributed by atoms with Crippen LogP contribution in [0.2, 0.25) is 0 Å². The molecule has 1 aliphatic carbocycles. The van der Waals surface area contributed by atoms with Crippen LogP contribution in [0.4, 0.5) is 5.69 Å². The molecule has 3 rings (SSSR count). The van der Waals surface area contributed by atoms with Gasteiger partial charge in [-0.3, -0.25) is 9.59 Å². The Morgan fingerprint density at radius 2 is 1.77 bits per heavy atom. The molecule has 2 aromatic carbocycles. The first-order chi connectivity index (χ1) is 12.6. The average molecular weight is 354 g/mol. The van der Waals surface area contributed by atoms with E-state index in [1.54, 1.807) is 44.6 Å². The van der Waals surface area contributed by atoms with Gasteiger partial charge in [-0.25, -0.2) is 0 Å². The van der Waals surface area contributed by atoms with Crippen LogP contribution in [0.3, 0.4) is 0 Å². The summed E-state index contributed by atoms with van der Waals surface area (Å²) >= 11 is 0. The van der Waals surface area contributed by atoms with Crippen LogP contribution in [-0.2, 0) is 11.3 Å². The van der Waals surface area contributed by atoms with Gasteiger partial charge in [-0.05, 0) is 43.2 Å². The summed E-state index contributed by atoms with van der Waals surface area (Å²) in [7, 11) is 3.14. The molecule has 0 spiro atoms. The lowest BCUT2D eigenvalue weighted by molar-refractivity contribution is -0.117. The second-order valence-electron chi connectivity index (χ2n) is 6.18. The van der Waals surface area contributed by atoms with Crippen molar-refractivity contribution in [1.29, 1.82) is 0 Å². The van der Waals surface area contributed by atoms with Crippen LogP contribution in [0, 0.1) is 5.92 Å². The van der Waals surface area contributed by atoms with Crippen molar-refractivity contribution in [2.75, 3.05) is 19.5 Å². The molecule has 0 heterocycles. The van der Waals surface area contributed by atoms with Crippen molar-refractivity contribution in [3.8, 4) is 11.5 Å². The highest BCUT2D eigenvalue weighted by atomic mass is 16.5. The summed E-state index contributed by atoms with van der Waals surface area (Å²) in [5.41, 5.74) is 2.05. The quantitative estimate of drug-likeness (QED) is 0.801. The summed E-state index contributed by atoms with van der Waals surface area (Å²) in [6, 6.07) is 12.4. The minimum Gasteiger partial charge on any atom is -0.493 e. The monoisotopic (exact) mass is 354 g/mol. The SMILES string of the molecule is COc1cccc(CNC(=O)c2ccc(NC(=O)C3CC3)cc2)c1OC. The van der Waals surface area contributed by atoms with Gasteiger partial charge in [0.1, 0.15) is 0 Å². The molecule has 6 heteroatoms. The number of amides is 2. The third-order valence-corrected chi connectivity index (χ3v) is 4.29. The number of methoxy groups -OCH3 is 2. The number of benzene rings is 2. The van der Waals surface area contributed by atoms with Gasteiger partial charge in [-0.1, -0.05) is 12.1 Å². The number of ether oxygens (including phenoxy) is 2. The molecule has 6 nitrogen and oxygen atoms in total. The summed E-state index contributed by atoms with van der Waals surface area (Å²) in [6.07, 6.45) is 1.92. The molecule has 0 unspecified atom stereocenters. The Morgan fingerprint density at radius 1 is 1.04 bits per heavy atom.